The Morgan fingerprint density at radius 1 is 0.905 bits per heavy atom. The van der Waals surface area contributed by atoms with Gasteiger partial charge in [0.05, 0.1) is 6.61 Å². The Labute approximate surface area is 129 Å². The molecule has 1 aromatic rings. The van der Waals surface area contributed by atoms with Crippen LogP contribution in [0.15, 0.2) is 6.07 Å². The van der Waals surface area contributed by atoms with Gasteiger partial charge in [-0.2, -0.15) is 0 Å². The van der Waals surface area contributed by atoms with Crippen molar-refractivity contribution in [3.63, 3.8) is 0 Å². The molecule has 2 N–H and O–H groups in total. The summed E-state index contributed by atoms with van der Waals surface area (Å²) in [5, 5.41) is 19.5. The molecule has 0 saturated heterocycles. The molecule has 0 aromatic heterocycles. The van der Waals surface area contributed by atoms with E-state index in [4.69, 9.17) is 4.74 Å². The second-order valence-electron chi connectivity index (χ2n) is 5.84. The first kappa shape index (κ1) is 17.7. The van der Waals surface area contributed by atoms with E-state index in [1.54, 1.807) is 6.07 Å². The number of phenols is 2. The summed E-state index contributed by atoms with van der Waals surface area (Å²) in [5.74, 6) is 0.178. The van der Waals surface area contributed by atoms with Gasteiger partial charge in [-0.3, -0.25) is 0 Å². The van der Waals surface area contributed by atoms with Gasteiger partial charge < -0.3 is 14.9 Å². The Balaban J connectivity index is 2.24. The van der Waals surface area contributed by atoms with Gasteiger partial charge in [-0.25, -0.2) is 0 Å². The molecule has 0 heterocycles. The molecule has 0 amide bonds. The van der Waals surface area contributed by atoms with E-state index >= 15 is 0 Å². The minimum Gasteiger partial charge on any atom is -0.504 e. The molecule has 1 aromatic carbocycles. The molecule has 0 bridgehead atoms. The Bertz CT molecular complexity index is 401. The minimum atomic E-state index is -0.141. The van der Waals surface area contributed by atoms with Crippen LogP contribution < -0.4 is 4.74 Å². The quantitative estimate of drug-likeness (QED) is 0.458. The van der Waals surface area contributed by atoms with E-state index in [9.17, 15) is 10.2 Å². The number of ether oxygens (including phenoxy) is 1. The topological polar surface area (TPSA) is 49.7 Å². The largest absolute Gasteiger partial charge is 0.504 e. The number of hydrogen-bond donors (Lipinski definition) is 2. The fraction of sp³-hybridized carbons (Fsp3) is 0.667. The maximum atomic E-state index is 9.85. The molecule has 0 aliphatic heterocycles. The molecule has 21 heavy (non-hydrogen) atoms. The monoisotopic (exact) mass is 294 g/mol. The molecule has 0 saturated carbocycles. The molecule has 1 rings (SSSR count). The molecule has 0 aliphatic rings. The normalized spacial score (nSPS) is 10.8. The molecule has 0 aliphatic carbocycles. The second-order valence-corrected chi connectivity index (χ2v) is 5.84. The molecular weight excluding hydrogens is 264 g/mol. The zero-order valence-electron chi connectivity index (χ0n) is 13.7. The summed E-state index contributed by atoms with van der Waals surface area (Å²) in [4.78, 5) is 0. The third-order valence-corrected chi connectivity index (χ3v) is 3.99. The van der Waals surface area contributed by atoms with Gasteiger partial charge in [0.2, 0.25) is 5.75 Å². The van der Waals surface area contributed by atoms with Crippen LogP contribution in [0.3, 0.4) is 0 Å². The molecule has 3 heteroatoms. The lowest BCUT2D eigenvalue weighted by atomic mass is 10.1. The number of phenolic OH excluding ortho intramolecular Hbond substituents is 2. The standard InChI is InChI=1S/C18H30O3/c1-4-5-6-7-8-9-10-11-12-21-18-15(3)14(2)13-16(19)17(18)20/h13,19-20H,4-12H2,1-3H3. The van der Waals surface area contributed by atoms with Gasteiger partial charge in [0.1, 0.15) is 0 Å². The van der Waals surface area contributed by atoms with Gasteiger partial charge in [-0.1, -0.05) is 51.9 Å². The summed E-state index contributed by atoms with van der Waals surface area (Å²) >= 11 is 0. The van der Waals surface area contributed by atoms with Crippen LogP contribution in [0, 0.1) is 13.8 Å². The molecule has 3 nitrogen and oxygen atoms in total. The molecule has 120 valence electrons. The number of hydrogen-bond acceptors (Lipinski definition) is 3. The van der Waals surface area contributed by atoms with Crippen molar-refractivity contribution in [1.29, 1.82) is 0 Å². The number of aryl methyl sites for hydroxylation is 1. The molecule has 0 radical (unpaired) electrons. The highest BCUT2D eigenvalue weighted by molar-refractivity contribution is 5.56. The summed E-state index contributed by atoms with van der Waals surface area (Å²) in [7, 11) is 0. The predicted molar refractivity (Wildman–Crippen MR) is 87.4 cm³/mol. The summed E-state index contributed by atoms with van der Waals surface area (Å²) in [5.41, 5.74) is 1.82. The average molecular weight is 294 g/mol. The number of benzene rings is 1. The van der Waals surface area contributed by atoms with Gasteiger partial charge in [-0.15, -0.1) is 0 Å². The van der Waals surface area contributed by atoms with Crippen molar-refractivity contribution in [2.45, 2.75) is 72.1 Å². The number of unbranched alkanes of at least 4 members (excludes halogenated alkanes) is 7. The summed E-state index contributed by atoms with van der Waals surface area (Å²) in [6.45, 7) is 6.62. The van der Waals surface area contributed by atoms with Crippen molar-refractivity contribution in [2.75, 3.05) is 6.61 Å². The van der Waals surface area contributed by atoms with Crippen LogP contribution >= 0.6 is 0 Å². The molecular formula is C18H30O3. The smallest absolute Gasteiger partial charge is 0.200 e. The Morgan fingerprint density at radius 3 is 2.10 bits per heavy atom. The number of rotatable bonds is 10. The van der Waals surface area contributed by atoms with Crippen molar-refractivity contribution in [3.05, 3.63) is 17.2 Å². The highest BCUT2D eigenvalue weighted by atomic mass is 16.5. The molecule has 0 unspecified atom stereocenters. The van der Waals surface area contributed by atoms with E-state index in [2.05, 4.69) is 6.92 Å². The van der Waals surface area contributed by atoms with Crippen LogP contribution in [0.4, 0.5) is 0 Å². The minimum absolute atomic E-state index is 0.107. The van der Waals surface area contributed by atoms with Crippen molar-refractivity contribution >= 4 is 0 Å². The van der Waals surface area contributed by atoms with E-state index in [1.165, 1.54) is 38.5 Å². The molecule has 0 spiro atoms. The van der Waals surface area contributed by atoms with Crippen molar-refractivity contribution in [1.82, 2.24) is 0 Å². The van der Waals surface area contributed by atoms with Crippen LogP contribution in [0.25, 0.3) is 0 Å². The third kappa shape index (κ3) is 5.86. The highest BCUT2D eigenvalue weighted by Gasteiger charge is 2.13. The Kier molecular flexibility index (Phi) is 8.03. The van der Waals surface area contributed by atoms with Gasteiger partial charge in [-0.05, 0) is 37.5 Å². The lowest BCUT2D eigenvalue weighted by molar-refractivity contribution is 0.281. The maximum Gasteiger partial charge on any atom is 0.200 e. The zero-order valence-corrected chi connectivity index (χ0v) is 13.7. The fourth-order valence-corrected chi connectivity index (χ4v) is 2.44. The second kappa shape index (κ2) is 9.54. The van der Waals surface area contributed by atoms with Gasteiger partial charge >= 0.3 is 0 Å². The first-order valence-corrected chi connectivity index (χ1v) is 8.22. The van der Waals surface area contributed by atoms with E-state index in [-0.39, 0.29) is 11.5 Å². The van der Waals surface area contributed by atoms with E-state index in [0.29, 0.717) is 12.4 Å². The zero-order chi connectivity index (χ0) is 15.7. The number of aromatic hydroxyl groups is 2. The third-order valence-electron chi connectivity index (χ3n) is 3.99. The van der Waals surface area contributed by atoms with Crippen LogP contribution in [-0.2, 0) is 0 Å². The van der Waals surface area contributed by atoms with E-state index in [1.807, 2.05) is 13.8 Å². The SMILES string of the molecule is CCCCCCCCCCOc1c(C)c(C)cc(O)c1O. The summed E-state index contributed by atoms with van der Waals surface area (Å²) in [6.07, 6.45) is 10.0. The lowest BCUT2D eigenvalue weighted by Crippen LogP contribution is -2.00. The van der Waals surface area contributed by atoms with Crippen molar-refractivity contribution < 1.29 is 14.9 Å². The van der Waals surface area contributed by atoms with Gasteiger partial charge in [0.15, 0.2) is 11.5 Å². The van der Waals surface area contributed by atoms with Crippen molar-refractivity contribution in [3.8, 4) is 17.2 Å². The maximum absolute atomic E-state index is 9.85. The van der Waals surface area contributed by atoms with E-state index < -0.39 is 0 Å². The first-order chi connectivity index (χ1) is 10.1. The fourth-order valence-electron chi connectivity index (χ4n) is 2.44. The van der Waals surface area contributed by atoms with Gasteiger partial charge in [0, 0.05) is 0 Å². The molecule has 0 atom stereocenters. The predicted octanol–water partition coefficient (Wildman–Crippen LogP) is 5.23. The summed E-state index contributed by atoms with van der Waals surface area (Å²) < 4.78 is 5.66. The van der Waals surface area contributed by atoms with Crippen LogP contribution in [-0.4, -0.2) is 16.8 Å². The summed E-state index contributed by atoms with van der Waals surface area (Å²) in [6, 6.07) is 1.56. The Morgan fingerprint density at radius 2 is 1.48 bits per heavy atom. The molecule has 0 fully saturated rings. The van der Waals surface area contributed by atoms with Crippen molar-refractivity contribution in [2.24, 2.45) is 0 Å². The van der Waals surface area contributed by atoms with Crippen LogP contribution in [0.2, 0.25) is 0 Å². The first-order valence-electron chi connectivity index (χ1n) is 8.22. The van der Waals surface area contributed by atoms with E-state index in [0.717, 1.165) is 24.0 Å². The lowest BCUT2D eigenvalue weighted by Gasteiger charge is -2.14. The van der Waals surface area contributed by atoms with Gasteiger partial charge in [0.25, 0.3) is 0 Å². The highest BCUT2D eigenvalue weighted by Crippen LogP contribution is 2.39. The Hall–Kier alpha value is -1.38. The van der Waals surface area contributed by atoms with Crippen LogP contribution in [0.5, 0.6) is 17.2 Å². The van der Waals surface area contributed by atoms with Crippen LogP contribution in [0.1, 0.15) is 69.4 Å². The average Bonchev–Trinajstić information content (AvgIpc) is 2.46.